The quantitative estimate of drug-likeness (QED) is 0.157. The van der Waals surface area contributed by atoms with Crippen molar-refractivity contribution in [3.63, 3.8) is 0 Å². The van der Waals surface area contributed by atoms with Gasteiger partial charge in [0.15, 0.2) is 0 Å². The smallest absolute Gasteiger partial charge is 0.387 e. The Kier molecular flexibility index (Phi) is 16.8. The molecule has 0 aliphatic carbocycles. The third-order valence-corrected chi connectivity index (χ3v) is 5.00. The van der Waals surface area contributed by atoms with Crippen molar-refractivity contribution in [2.24, 2.45) is 0 Å². The summed E-state index contributed by atoms with van der Waals surface area (Å²) in [6.07, 6.45) is 18.1. The maximum Gasteiger partial charge on any atom is 0.469 e. The van der Waals surface area contributed by atoms with Crippen molar-refractivity contribution in [3.8, 4) is 0 Å². The topological polar surface area (TPSA) is 99.0 Å². The highest BCUT2D eigenvalue weighted by Crippen LogP contribution is 2.35. The summed E-state index contributed by atoms with van der Waals surface area (Å²) in [6, 6.07) is -0.545. The lowest BCUT2D eigenvalue weighted by Crippen LogP contribution is -2.40. The van der Waals surface area contributed by atoms with Gasteiger partial charge in [0.25, 0.3) is 0 Å². The van der Waals surface area contributed by atoms with Gasteiger partial charge in [-0.3, -0.25) is 4.52 Å². The van der Waals surface area contributed by atoms with Crippen LogP contribution < -0.4 is 5.32 Å². The van der Waals surface area contributed by atoms with Crippen LogP contribution in [0.3, 0.4) is 0 Å². The van der Waals surface area contributed by atoms with E-state index in [1.165, 1.54) is 64.2 Å². The number of likely N-dealkylation sites (N-methyl/N-ethyl adjacent to an activating group) is 1. The molecule has 0 saturated carbocycles. The van der Waals surface area contributed by atoms with E-state index in [0.29, 0.717) is 0 Å². The van der Waals surface area contributed by atoms with E-state index in [1.54, 1.807) is 13.1 Å². The average Bonchev–Trinajstić information content (AvgIpc) is 2.58. The van der Waals surface area contributed by atoms with Crippen LogP contribution >= 0.6 is 7.82 Å². The summed E-state index contributed by atoms with van der Waals surface area (Å²) in [5.74, 6) is 0. The number of unbranched alkanes of at least 4 members (excludes halogenated alkanes) is 11. The SMILES string of the molecule is CCCCCCCCCCCCC/C=C/[C@@H](O)[C@H](COP(=O)(O)O)NC. The van der Waals surface area contributed by atoms with Crippen LogP contribution in [0.4, 0.5) is 0 Å². The standard InChI is InChI=1S/C19H40NO5P/c1-3-4-5-6-7-8-9-10-11-12-13-14-15-16-19(21)18(20-2)17-25-26(22,23)24/h15-16,18-21H,3-14,17H2,1-2H3,(H2,22,23,24)/b16-15+/t18-,19+/m0/s1. The molecule has 0 aromatic heterocycles. The molecule has 156 valence electrons. The van der Waals surface area contributed by atoms with E-state index in [-0.39, 0.29) is 6.61 Å². The Morgan fingerprint density at radius 2 is 1.46 bits per heavy atom. The zero-order chi connectivity index (χ0) is 19.7. The number of aliphatic hydroxyl groups excluding tert-OH is 1. The molecule has 0 spiro atoms. The van der Waals surface area contributed by atoms with Crippen molar-refractivity contribution in [1.82, 2.24) is 5.32 Å². The van der Waals surface area contributed by atoms with Gasteiger partial charge < -0.3 is 20.2 Å². The van der Waals surface area contributed by atoms with Crippen LogP contribution in [0.5, 0.6) is 0 Å². The summed E-state index contributed by atoms with van der Waals surface area (Å²) in [6.45, 7) is 2.00. The zero-order valence-electron chi connectivity index (χ0n) is 16.6. The van der Waals surface area contributed by atoms with Crippen LogP contribution in [0.15, 0.2) is 12.2 Å². The summed E-state index contributed by atoms with van der Waals surface area (Å²) in [5, 5.41) is 12.8. The molecule has 2 atom stereocenters. The van der Waals surface area contributed by atoms with E-state index in [9.17, 15) is 9.67 Å². The molecule has 0 rings (SSSR count). The molecule has 7 heteroatoms. The molecule has 0 saturated heterocycles. The van der Waals surface area contributed by atoms with Crippen LogP contribution in [-0.4, -0.2) is 40.7 Å². The van der Waals surface area contributed by atoms with Crippen LogP contribution in [0.2, 0.25) is 0 Å². The van der Waals surface area contributed by atoms with Crippen LogP contribution in [0.1, 0.15) is 84.0 Å². The second-order valence-electron chi connectivity index (χ2n) is 6.92. The molecule has 0 aliphatic rings. The number of phosphoric ester groups is 1. The fourth-order valence-corrected chi connectivity index (χ4v) is 3.18. The summed E-state index contributed by atoms with van der Waals surface area (Å²) >= 11 is 0. The number of hydrogen-bond acceptors (Lipinski definition) is 4. The van der Waals surface area contributed by atoms with Crippen molar-refractivity contribution in [1.29, 1.82) is 0 Å². The predicted octanol–water partition coefficient (Wildman–Crippen LogP) is 4.30. The number of phosphoric acid groups is 1. The maximum atomic E-state index is 10.7. The first-order valence-corrected chi connectivity index (χ1v) is 11.7. The predicted molar refractivity (Wildman–Crippen MR) is 107 cm³/mol. The summed E-state index contributed by atoms with van der Waals surface area (Å²) in [7, 11) is -2.89. The molecular formula is C19H40NO5P. The van der Waals surface area contributed by atoms with Crippen LogP contribution in [0.25, 0.3) is 0 Å². The van der Waals surface area contributed by atoms with Gasteiger partial charge in [0, 0.05) is 0 Å². The molecule has 6 nitrogen and oxygen atoms in total. The van der Waals surface area contributed by atoms with E-state index in [1.807, 2.05) is 6.08 Å². The van der Waals surface area contributed by atoms with Crippen molar-refractivity contribution in [3.05, 3.63) is 12.2 Å². The molecule has 0 aromatic carbocycles. The van der Waals surface area contributed by atoms with Gasteiger partial charge >= 0.3 is 7.82 Å². The van der Waals surface area contributed by atoms with E-state index in [2.05, 4.69) is 16.8 Å². The second kappa shape index (κ2) is 16.9. The molecule has 26 heavy (non-hydrogen) atoms. The number of aliphatic hydroxyl groups is 1. The van der Waals surface area contributed by atoms with E-state index < -0.39 is 20.0 Å². The zero-order valence-corrected chi connectivity index (χ0v) is 17.5. The van der Waals surface area contributed by atoms with Crippen LogP contribution in [-0.2, 0) is 9.09 Å². The summed E-state index contributed by atoms with van der Waals surface area (Å²) in [4.78, 5) is 17.4. The molecule has 0 radical (unpaired) electrons. The largest absolute Gasteiger partial charge is 0.469 e. The van der Waals surface area contributed by atoms with E-state index >= 15 is 0 Å². The van der Waals surface area contributed by atoms with Crippen molar-refractivity contribution in [2.75, 3.05) is 13.7 Å². The molecule has 0 fully saturated rings. The van der Waals surface area contributed by atoms with Gasteiger partial charge in [0.05, 0.1) is 18.8 Å². The molecule has 4 N–H and O–H groups in total. The van der Waals surface area contributed by atoms with Gasteiger partial charge in [-0.2, -0.15) is 0 Å². The first-order chi connectivity index (χ1) is 12.4. The van der Waals surface area contributed by atoms with Gasteiger partial charge in [-0.15, -0.1) is 0 Å². The molecule has 0 aliphatic heterocycles. The van der Waals surface area contributed by atoms with Gasteiger partial charge in [0.2, 0.25) is 0 Å². The fourth-order valence-electron chi connectivity index (χ4n) is 2.83. The summed E-state index contributed by atoms with van der Waals surface area (Å²) in [5.41, 5.74) is 0. The third kappa shape index (κ3) is 17.2. The molecule has 0 amide bonds. The second-order valence-corrected chi connectivity index (χ2v) is 8.16. The lowest BCUT2D eigenvalue weighted by molar-refractivity contribution is 0.116. The average molecular weight is 394 g/mol. The Bertz CT molecular complexity index is 386. The Morgan fingerprint density at radius 1 is 0.962 bits per heavy atom. The molecule has 0 bridgehead atoms. The minimum absolute atomic E-state index is 0.245. The molecular weight excluding hydrogens is 353 g/mol. The number of hydrogen-bond donors (Lipinski definition) is 4. The highest BCUT2D eigenvalue weighted by atomic mass is 31.2. The van der Waals surface area contributed by atoms with Crippen molar-refractivity contribution >= 4 is 7.82 Å². The van der Waals surface area contributed by atoms with E-state index in [4.69, 9.17) is 9.79 Å². The van der Waals surface area contributed by atoms with Crippen molar-refractivity contribution in [2.45, 2.75) is 96.1 Å². The van der Waals surface area contributed by atoms with Gasteiger partial charge in [-0.1, -0.05) is 83.3 Å². The summed E-state index contributed by atoms with van der Waals surface area (Å²) < 4.78 is 15.1. The van der Waals surface area contributed by atoms with Crippen molar-refractivity contribution < 1.29 is 24.0 Å². The van der Waals surface area contributed by atoms with Gasteiger partial charge in [-0.05, 0) is 19.9 Å². The highest BCUT2D eigenvalue weighted by molar-refractivity contribution is 7.46. The highest BCUT2D eigenvalue weighted by Gasteiger charge is 2.21. The molecule has 0 heterocycles. The van der Waals surface area contributed by atoms with Gasteiger partial charge in [-0.25, -0.2) is 4.57 Å². The Balaban J connectivity index is 3.59. The van der Waals surface area contributed by atoms with Crippen LogP contribution in [0, 0.1) is 0 Å². The Morgan fingerprint density at radius 3 is 1.92 bits per heavy atom. The Hall–Kier alpha value is -0.230. The lowest BCUT2D eigenvalue weighted by atomic mass is 10.0. The molecule has 0 aromatic rings. The minimum Gasteiger partial charge on any atom is -0.387 e. The first-order valence-electron chi connectivity index (χ1n) is 10.1. The number of rotatable bonds is 18. The minimum atomic E-state index is -4.51. The normalized spacial score (nSPS) is 14.8. The van der Waals surface area contributed by atoms with Gasteiger partial charge in [0.1, 0.15) is 0 Å². The third-order valence-electron chi connectivity index (χ3n) is 4.51. The number of allylic oxidation sites excluding steroid dienone is 1. The Labute approximate surface area is 159 Å². The maximum absolute atomic E-state index is 10.7. The monoisotopic (exact) mass is 393 g/mol. The fraction of sp³-hybridized carbons (Fsp3) is 0.895. The molecule has 0 unspecified atom stereocenters. The first kappa shape index (κ1) is 25.8. The van der Waals surface area contributed by atoms with E-state index in [0.717, 1.165) is 12.8 Å². The lowest BCUT2D eigenvalue weighted by Gasteiger charge is -2.20. The number of nitrogens with one attached hydrogen (secondary N) is 1.